The number of benzene rings is 2. The van der Waals surface area contributed by atoms with Gasteiger partial charge in [0.2, 0.25) is 0 Å². The van der Waals surface area contributed by atoms with E-state index in [1.54, 1.807) is 36.4 Å². The fourth-order valence-corrected chi connectivity index (χ4v) is 2.16. The summed E-state index contributed by atoms with van der Waals surface area (Å²) in [6.45, 7) is 0. The highest BCUT2D eigenvalue weighted by Gasteiger charge is 2.13. The zero-order valence-electron chi connectivity index (χ0n) is 10.6. The van der Waals surface area contributed by atoms with E-state index in [0.29, 0.717) is 5.02 Å². The molecule has 20 heavy (non-hydrogen) atoms. The van der Waals surface area contributed by atoms with Crippen LogP contribution in [0.25, 0.3) is 11.1 Å². The van der Waals surface area contributed by atoms with E-state index in [4.69, 9.17) is 22.4 Å². The van der Waals surface area contributed by atoms with Crippen LogP contribution in [-0.2, 0) is 11.2 Å². The van der Waals surface area contributed by atoms with Crippen LogP contribution in [-0.4, -0.2) is 22.2 Å². The fraction of sp³-hybridized carbons (Fsp3) is 0.133. The van der Waals surface area contributed by atoms with E-state index in [-0.39, 0.29) is 12.2 Å². The van der Waals surface area contributed by atoms with Gasteiger partial charge < -0.3 is 15.9 Å². The first-order chi connectivity index (χ1) is 9.47. The van der Waals surface area contributed by atoms with Gasteiger partial charge in [-0.2, -0.15) is 0 Å². The second kappa shape index (κ2) is 5.94. The molecule has 0 saturated heterocycles. The van der Waals surface area contributed by atoms with E-state index in [9.17, 15) is 9.90 Å². The molecule has 0 unspecified atom stereocenters. The van der Waals surface area contributed by atoms with Gasteiger partial charge in [0, 0.05) is 10.6 Å². The minimum atomic E-state index is -1.04. The van der Waals surface area contributed by atoms with E-state index in [0.717, 1.165) is 16.7 Å². The summed E-state index contributed by atoms with van der Waals surface area (Å²) in [4.78, 5) is 10.8. The van der Waals surface area contributed by atoms with Crippen molar-refractivity contribution >= 4 is 17.6 Å². The monoisotopic (exact) mass is 291 g/mol. The van der Waals surface area contributed by atoms with Crippen LogP contribution < -0.4 is 5.73 Å². The molecule has 0 saturated carbocycles. The van der Waals surface area contributed by atoms with E-state index >= 15 is 0 Å². The summed E-state index contributed by atoms with van der Waals surface area (Å²) < 4.78 is 0. The maximum absolute atomic E-state index is 10.8. The molecule has 2 rings (SSSR count). The van der Waals surface area contributed by atoms with Crippen molar-refractivity contribution in [3.8, 4) is 16.9 Å². The molecule has 1 atom stereocenters. The van der Waals surface area contributed by atoms with Gasteiger partial charge in [0.25, 0.3) is 0 Å². The molecular formula is C15H14ClNO3. The van der Waals surface area contributed by atoms with Gasteiger partial charge in [0.1, 0.15) is 11.8 Å². The van der Waals surface area contributed by atoms with Crippen molar-refractivity contribution < 1.29 is 15.0 Å². The van der Waals surface area contributed by atoms with Crippen LogP contribution in [0.4, 0.5) is 0 Å². The highest BCUT2D eigenvalue weighted by atomic mass is 35.5. The average Bonchev–Trinajstić information content (AvgIpc) is 2.40. The second-order valence-corrected chi connectivity index (χ2v) is 4.92. The fourth-order valence-electron chi connectivity index (χ4n) is 1.94. The van der Waals surface area contributed by atoms with E-state index in [1.165, 1.54) is 0 Å². The first-order valence-corrected chi connectivity index (χ1v) is 6.41. The predicted molar refractivity (Wildman–Crippen MR) is 77.9 cm³/mol. The molecule has 0 bridgehead atoms. The minimum Gasteiger partial charge on any atom is -0.508 e. The normalized spacial score (nSPS) is 12.1. The maximum atomic E-state index is 10.8. The molecule has 0 spiro atoms. The summed E-state index contributed by atoms with van der Waals surface area (Å²) in [5.41, 5.74) is 7.81. The predicted octanol–water partition coefficient (Wildman–Crippen LogP) is 2.67. The standard InChI is InChI=1S/C15H14ClNO3/c16-13-5-4-9(7-14(17)15(19)20)6-12(13)10-2-1-3-11(18)8-10/h1-6,8,14,18H,7,17H2,(H,19,20)/t14-/m0/s1. The quantitative estimate of drug-likeness (QED) is 0.808. The van der Waals surface area contributed by atoms with Crippen molar-refractivity contribution in [3.63, 3.8) is 0 Å². The highest BCUT2D eigenvalue weighted by Crippen LogP contribution is 2.31. The second-order valence-electron chi connectivity index (χ2n) is 4.51. The lowest BCUT2D eigenvalue weighted by Gasteiger charge is -2.10. The topological polar surface area (TPSA) is 83.5 Å². The molecule has 0 aliphatic heterocycles. The van der Waals surface area contributed by atoms with Gasteiger partial charge in [-0.3, -0.25) is 4.79 Å². The summed E-state index contributed by atoms with van der Waals surface area (Å²) in [5, 5.41) is 18.9. The number of aliphatic carboxylic acids is 1. The molecule has 2 aromatic carbocycles. The maximum Gasteiger partial charge on any atom is 0.320 e. The number of phenols is 1. The third kappa shape index (κ3) is 3.29. The molecule has 0 aliphatic rings. The van der Waals surface area contributed by atoms with E-state index in [2.05, 4.69) is 0 Å². The third-order valence-corrected chi connectivity index (χ3v) is 3.29. The summed E-state index contributed by atoms with van der Waals surface area (Å²) in [6, 6.07) is 11.0. The van der Waals surface area contributed by atoms with Crippen molar-refractivity contribution in [2.45, 2.75) is 12.5 Å². The smallest absolute Gasteiger partial charge is 0.320 e. The largest absolute Gasteiger partial charge is 0.508 e. The Balaban J connectivity index is 2.36. The van der Waals surface area contributed by atoms with Crippen molar-refractivity contribution in [1.29, 1.82) is 0 Å². The van der Waals surface area contributed by atoms with Crippen LogP contribution in [0.2, 0.25) is 5.02 Å². The van der Waals surface area contributed by atoms with Crippen molar-refractivity contribution in [1.82, 2.24) is 0 Å². The highest BCUT2D eigenvalue weighted by molar-refractivity contribution is 6.33. The number of aromatic hydroxyl groups is 1. The SMILES string of the molecule is N[C@@H](Cc1ccc(Cl)c(-c2cccc(O)c2)c1)C(=O)O. The van der Waals surface area contributed by atoms with Crippen molar-refractivity contribution in [3.05, 3.63) is 53.1 Å². The van der Waals surface area contributed by atoms with E-state index in [1.807, 2.05) is 6.07 Å². The first kappa shape index (κ1) is 14.4. The van der Waals surface area contributed by atoms with Gasteiger partial charge in [0.05, 0.1) is 0 Å². The Kier molecular flexibility index (Phi) is 4.27. The number of carboxylic acid groups (broad SMARTS) is 1. The van der Waals surface area contributed by atoms with Gasteiger partial charge in [-0.05, 0) is 41.8 Å². The Labute approximate surface area is 121 Å². The van der Waals surface area contributed by atoms with Crippen molar-refractivity contribution in [2.75, 3.05) is 0 Å². The van der Waals surface area contributed by atoms with Crippen LogP contribution in [0, 0.1) is 0 Å². The molecule has 4 N–H and O–H groups in total. The number of rotatable bonds is 4. The molecule has 104 valence electrons. The van der Waals surface area contributed by atoms with Crippen LogP contribution >= 0.6 is 11.6 Å². The Morgan fingerprint density at radius 2 is 2.00 bits per heavy atom. The number of carbonyl (C=O) groups is 1. The molecule has 2 aromatic rings. The molecular weight excluding hydrogens is 278 g/mol. The van der Waals surface area contributed by atoms with Crippen LogP contribution in [0.5, 0.6) is 5.75 Å². The molecule has 0 amide bonds. The molecule has 4 nitrogen and oxygen atoms in total. The lowest BCUT2D eigenvalue weighted by Crippen LogP contribution is -2.32. The summed E-state index contributed by atoms with van der Waals surface area (Å²) >= 11 is 6.15. The first-order valence-electron chi connectivity index (χ1n) is 6.03. The summed E-state index contributed by atoms with van der Waals surface area (Å²) in [6.07, 6.45) is 0.221. The molecule has 5 heteroatoms. The van der Waals surface area contributed by atoms with Crippen LogP contribution in [0.1, 0.15) is 5.56 Å². The molecule has 0 heterocycles. The van der Waals surface area contributed by atoms with Gasteiger partial charge in [-0.15, -0.1) is 0 Å². The lowest BCUT2D eigenvalue weighted by atomic mass is 9.99. The number of phenolic OH excluding ortho intramolecular Hbond substituents is 1. The number of halogens is 1. The third-order valence-electron chi connectivity index (χ3n) is 2.96. The zero-order valence-corrected chi connectivity index (χ0v) is 11.3. The Bertz CT molecular complexity index is 643. The molecule has 0 aromatic heterocycles. The minimum absolute atomic E-state index is 0.145. The number of nitrogens with two attached hydrogens (primary N) is 1. The van der Waals surface area contributed by atoms with Crippen molar-refractivity contribution in [2.24, 2.45) is 5.73 Å². The average molecular weight is 292 g/mol. The summed E-state index contributed by atoms with van der Waals surface area (Å²) in [5.74, 6) is -0.898. The number of carboxylic acids is 1. The van der Waals surface area contributed by atoms with Gasteiger partial charge in [0.15, 0.2) is 0 Å². The molecule has 0 aliphatic carbocycles. The van der Waals surface area contributed by atoms with E-state index < -0.39 is 12.0 Å². The Hall–Kier alpha value is -2.04. The number of hydrogen-bond donors (Lipinski definition) is 3. The lowest BCUT2D eigenvalue weighted by molar-refractivity contribution is -0.138. The Morgan fingerprint density at radius 1 is 1.25 bits per heavy atom. The molecule has 0 fully saturated rings. The van der Waals surface area contributed by atoms with Crippen LogP contribution in [0.15, 0.2) is 42.5 Å². The van der Waals surface area contributed by atoms with Gasteiger partial charge >= 0.3 is 5.97 Å². The van der Waals surface area contributed by atoms with Gasteiger partial charge in [-0.1, -0.05) is 29.8 Å². The Morgan fingerprint density at radius 3 is 2.65 bits per heavy atom. The molecule has 0 radical (unpaired) electrons. The zero-order chi connectivity index (χ0) is 14.7. The summed E-state index contributed by atoms with van der Waals surface area (Å²) in [7, 11) is 0. The number of hydrogen-bond acceptors (Lipinski definition) is 3. The van der Waals surface area contributed by atoms with Gasteiger partial charge in [-0.25, -0.2) is 0 Å². The van der Waals surface area contributed by atoms with Crippen LogP contribution in [0.3, 0.4) is 0 Å².